The molecule has 1 aliphatic rings. The van der Waals surface area contributed by atoms with Crippen molar-refractivity contribution < 1.29 is 33.7 Å². The summed E-state index contributed by atoms with van der Waals surface area (Å²) in [5, 5.41) is 9.87. The van der Waals surface area contributed by atoms with Crippen LogP contribution in [0.25, 0.3) is 0 Å². The van der Waals surface area contributed by atoms with Crippen LogP contribution in [0.1, 0.15) is 272 Å². The third-order valence-electron chi connectivity index (χ3n) is 14.2. The van der Waals surface area contributed by atoms with Gasteiger partial charge < -0.3 is 29.1 Å². The van der Waals surface area contributed by atoms with Gasteiger partial charge >= 0.3 is 17.9 Å². The Morgan fingerprint density at radius 2 is 0.758 bits per heavy atom. The maximum atomic E-state index is 12.8. The summed E-state index contributed by atoms with van der Waals surface area (Å²) in [6.45, 7) is 15.1. The molecule has 1 fully saturated rings. The van der Waals surface area contributed by atoms with Crippen LogP contribution in [0.2, 0.25) is 0 Å². The Morgan fingerprint density at radius 1 is 0.424 bits per heavy atom. The molecule has 1 aliphatic carbocycles. The van der Waals surface area contributed by atoms with Crippen molar-refractivity contribution in [2.24, 2.45) is 11.8 Å². The summed E-state index contributed by atoms with van der Waals surface area (Å²) < 4.78 is 17.3. The van der Waals surface area contributed by atoms with Gasteiger partial charge in [0.2, 0.25) is 0 Å². The summed E-state index contributed by atoms with van der Waals surface area (Å²) in [7, 11) is 0. The highest BCUT2D eigenvalue weighted by Gasteiger charge is 2.24. The Labute approximate surface area is 408 Å². The molecule has 0 amide bonds. The Kier molecular flexibility index (Phi) is 44.4. The van der Waals surface area contributed by atoms with E-state index in [1.807, 2.05) is 0 Å². The molecule has 0 unspecified atom stereocenters. The second-order valence-corrected chi connectivity index (χ2v) is 20.4. The molecule has 0 aromatic heterocycles. The van der Waals surface area contributed by atoms with E-state index in [9.17, 15) is 19.5 Å². The molecular formula is C57H110N2O7. The molecule has 390 valence electrons. The number of nitrogens with zero attached hydrogens (tertiary/aromatic N) is 2. The molecule has 0 bridgehead atoms. The number of hydrogen-bond donors (Lipinski definition) is 1. The Morgan fingerprint density at radius 3 is 1.18 bits per heavy atom. The smallest absolute Gasteiger partial charge is 0.305 e. The fraction of sp³-hybridized carbons (Fsp3) is 0.947. The van der Waals surface area contributed by atoms with Crippen LogP contribution in [0.3, 0.4) is 0 Å². The minimum absolute atomic E-state index is 0.00241. The fourth-order valence-corrected chi connectivity index (χ4v) is 9.43. The summed E-state index contributed by atoms with van der Waals surface area (Å²) in [4.78, 5) is 42.9. The third-order valence-corrected chi connectivity index (χ3v) is 14.2. The zero-order valence-electron chi connectivity index (χ0n) is 44.3. The highest BCUT2D eigenvalue weighted by molar-refractivity contribution is 5.70. The van der Waals surface area contributed by atoms with Crippen LogP contribution in [-0.2, 0) is 28.6 Å². The lowest BCUT2D eigenvalue weighted by molar-refractivity contribution is -0.149. The number of hydrogen-bond acceptors (Lipinski definition) is 9. The summed E-state index contributed by atoms with van der Waals surface area (Å²) in [6.07, 6.45) is 42.8. The van der Waals surface area contributed by atoms with E-state index in [1.165, 1.54) is 135 Å². The standard InChI is InChI=1S/C57H110N2O7/c1-5-9-13-17-21-24-35-52(36-25-22-18-14-10-6-2)49-64-55(61)42-28-23-30-45-59(54-38-34-39-54)46-33-32-44-58(47-48-60)43-31-29-37-53(50-65-56(62)40-26-19-15-11-7-3)51-66-57(63)41-27-20-16-12-8-4/h52-54,60H,5-51H2,1-4H3. The zero-order valence-corrected chi connectivity index (χ0v) is 44.3. The van der Waals surface area contributed by atoms with Crippen LogP contribution in [0, 0.1) is 11.8 Å². The Bertz CT molecular complexity index is 1040. The van der Waals surface area contributed by atoms with Crippen molar-refractivity contribution in [2.45, 2.75) is 278 Å². The molecule has 0 aromatic rings. The maximum absolute atomic E-state index is 12.8. The molecule has 0 radical (unpaired) electrons. The average Bonchev–Trinajstić information content (AvgIpc) is 3.29. The number of carbonyl (C=O) groups excluding carboxylic acids is 3. The van der Waals surface area contributed by atoms with Gasteiger partial charge in [0.15, 0.2) is 0 Å². The Hall–Kier alpha value is -1.71. The summed E-state index contributed by atoms with van der Waals surface area (Å²) in [6, 6.07) is 0.710. The van der Waals surface area contributed by atoms with Gasteiger partial charge in [0.25, 0.3) is 0 Å². The minimum atomic E-state index is -0.142. The quantitative estimate of drug-likeness (QED) is 0.0363. The van der Waals surface area contributed by atoms with Gasteiger partial charge in [0.1, 0.15) is 0 Å². The van der Waals surface area contributed by atoms with E-state index >= 15 is 0 Å². The van der Waals surface area contributed by atoms with Crippen molar-refractivity contribution in [3.8, 4) is 0 Å². The number of unbranched alkanes of at least 4 members (excludes halogenated alkanes) is 22. The third kappa shape index (κ3) is 38.2. The van der Waals surface area contributed by atoms with E-state index in [1.54, 1.807) is 0 Å². The molecule has 1 rings (SSSR count). The zero-order chi connectivity index (χ0) is 48.0. The van der Waals surface area contributed by atoms with Gasteiger partial charge in [-0.2, -0.15) is 0 Å². The molecule has 0 heterocycles. The fourth-order valence-electron chi connectivity index (χ4n) is 9.43. The molecule has 0 aromatic carbocycles. The van der Waals surface area contributed by atoms with Crippen molar-refractivity contribution >= 4 is 17.9 Å². The molecule has 1 saturated carbocycles. The van der Waals surface area contributed by atoms with Gasteiger partial charge in [-0.15, -0.1) is 0 Å². The van der Waals surface area contributed by atoms with Crippen molar-refractivity contribution in [1.82, 2.24) is 9.80 Å². The molecule has 1 N–H and O–H groups in total. The number of aliphatic hydroxyl groups excluding tert-OH is 1. The molecule has 66 heavy (non-hydrogen) atoms. The van der Waals surface area contributed by atoms with Gasteiger partial charge in [-0.1, -0.05) is 175 Å². The molecule has 0 atom stereocenters. The lowest BCUT2D eigenvalue weighted by Gasteiger charge is -2.38. The van der Waals surface area contributed by atoms with Crippen LogP contribution >= 0.6 is 0 Å². The average molecular weight is 936 g/mol. The lowest BCUT2D eigenvalue weighted by atomic mass is 9.91. The summed E-state index contributed by atoms with van der Waals surface area (Å²) in [5.74, 6) is 0.247. The highest BCUT2D eigenvalue weighted by atomic mass is 16.5. The van der Waals surface area contributed by atoms with Crippen LogP contribution in [-0.4, -0.2) is 98.0 Å². The molecule has 0 aliphatic heterocycles. The number of ether oxygens (including phenoxy) is 3. The van der Waals surface area contributed by atoms with Crippen molar-refractivity contribution in [3.05, 3.63) is 0 Å². The second kappa shape index (κ2) is 47.0. The predicted octanol–water partition coefficient (Wildman–Crippen LogP) is 14.7. The van der Waals surface area contributed by atoms with E-state index in [0.29, 0.717) is 57.6 Å². The van der Waals surface area contributed by atoms with Crippen LogP contribution in [0.5, 0.6) is 0 Å². The van der Waals surface area contributed by atoms with Crippen LogP contribution in [0.15, 0.2) is 0 Å². The SMILES string of the molecule is CCCCCCCCC(CCCCCCCC)COC(=O)CCCCCN(CCCCN(CCO)CCCCC(COC(=O)CCCCCCC)COC(=O)CCCCCCC)C1CCC1. The van der Waals surface area contributed by atoms with E-state index in [-0.39, 0.29) is 30.4 Å². The van der Waals surface area contributed by atoms with Crippen LogP contribution in [0.4, 0.5) is 0 Å². The second-order valence-electron chi connectivity index (χ2n) is 20.4. The van der Waals surface area contributed by atoms with Gasteiger partial charge in [0.05, 0.1) is 26.4 Å². The maximum Gasteiger partial charge on any atom is 0.305 e. The van der Waals surface area contributed by atoms with Crippen molar-refractivity contribution in [3.63, 3.8) is 0 Å². The number of carbonyl (C=O) groups is 3. The number of esters is 3. The van der Waals surface area contributed by atoms with Gasteiger partial charge in [0, 0.05) is 37.8 Å². The van der Waals surface area contributed by atoms with E-state index in [0.717, 1.165) is 116 Å². The van der Waals surface area contributed by atoms with E-state index < -0.39 is 0 Å². The predicted molar refractivity (Wildman–Crippen MR) is 277 cm³/mol. The monoisotopic (exact) mass is 935 g/mol. The summed E-state index contributed by atoms with van der Waals surface area (Å²) >= 11 is 0. The first-order chi connectivity index (χ1) is 32.4. The minimum Gasteiger partial charge on any atom is -0.465 e. The van der Waals surface area contributed by atoms with Gasteiger partial charge in [-0.3, -0.25) is 14.4 Å². The topological polar surface area (TPSA) is 106 Å². The first-order valence-corrected chi connectivity index (χ1v) is 28.9. The number of aliphatic hydroxyl groups is 1. The molecule has 9 heteroatoms. The van der Waals surface area contributed by atoms with Gasteiger partial charge in [-0.25, -0.2) is 0 Å². The molecular weight excluding hydrogens is 825 g/mol. The first-order valence-electron chi connectivity index (χ1n) is 28.9. The van der Waals surface area contributed by atoms with Gasteiger partial charge in [-0.05, 0) is 109 Å². The molecule has 0 spiro atoms. The van der Waals surface area contributed by atoms with Crippen molar-refractivity contribution in [2.75, 3.05) is 59.2 Å². The Balaban J connectivity index is 2.45. The van der Waals surface area contributed by atoms with E-state index in [4.69, 9.17) is 14.2 Å². The highest BCUT2D eigenvalue weighted by Crippen LogP contribution is 2.26. The summed E-state index contributed by atoms with van der Waals surface area (Å²) in [5.41, 5.74) is 0. The van der Waals surface area contributed by atoms with Crippen LogP contribution < -0.4 is 0 Å². The molecule has 9 nitrogen and oxygen atoms in total. The molecule has 0 saturated heterocycles. The normalized spacial score (nSPS) is 13.0. The van der Waals surface area contributed by atoms with E-state index in [2.05, 4.69) is 37.5 Å². The lowest BCUT2D eigenvalue weighted by Crippen LogP contribution is -2.41. The largest absolute Gasteiger partial charge is 0.465 e. The number of rotatable bonds is 51. The first kappa shape index (κ1) is 62.3. The van der Waals surface area contributed by atoms with Crippen molar-refractivity contribution in [1.29, 1.82) is 0 Å².